The molecule has 1 aromatic carbocycles. The molecule has 2 amide bonds. The molecule has 5 unspecified atom stereocenters. The minimum atomic E-state index is -0.775. The van der Waals surface area contributed by atoms with Crippen molar-refractivity contribution in [2.75, 3.05) is 37.6 Å². The quantitative estimate of drug-likeness (QED) is 0.435. The number of likely N-dealkylation sites (tertiary alicyclic amines) is 1. The van der Waals surface area contributed by atoms with Gasteiger partial charge < -0.3 is 25.8 Å². The molecule has 9 heteroatoms. The Morgan fingerprint density at radius 2 is 1.81 bits per heavy atom. The molecule has 0 radical (unpaired) electrons. The number of ketones is 2. The van der Waals surface area contributed by atoms with Crippen LogP contribution in [0, 0.1) is 11.8 Å². The maximum Gasteiger partial charge on any atom is 0.251 e. The van der Waals surface area contributed by atoms with E-state index in [0.29, 0.717) is 12.0 Å². The summed E-state index contributed by atoms with van der Waals surface area (Å²) in [7, 11) is 0. The van der Waals surface area contributed by atoms with E-state index in [9.17, 15) is 19.2 Å². The highest BCUT2D eigenvalue weighted by Gasteiger charge is 2.54. The van der Waals surface area contributed by atoms with Crippen molar-refractivity contribution in [3.8, 4) is 0 Å². The predicted molar refractivity (Wildman–Crippen MR) is 143 cm³/mol. The van der Waals surface area contributed by atoms with Gasteiger partial charge in [-0.25, -0.2) is 0 Å². The molecule has 5 atom stereocenters. The Kier molecular flexibility index (Phi) is 8.64. The molecule has 3 heterocycles. The monoisotopic (exact) mass is 511 g/mol. The highest BCUT2D eigenvalue weighted by molar-refractivity contribution is 6.01. The van der Waals surface area contributed by atoms with Gasteiger partial charge in [-0.1, -0.05) is 13.8 Å². The van der Waals surface area contributed by atoms with Crippen LogP contribution in [0.4, 0.5) is 5.69 Å². The number of rotatable bonds is 10. The number of amides is 2. The molecule has 0 bridgehead atoms. The number of hydrogen-bond donors (Lipinski definition) is 3. The van der Waals surface area contributed by atoms with Crippen molar-refractivity contribution in [2.24, 2.45) is 11.8 Å². The molecular formula is C28H41N5O4. The van der Waals surface area contributed by atoms with Crippen LogP contribution in [0.2, 0.25) is 0 Å². The van der Waals surface area contributed by atoms with Crippen LogP contribution in [0.15, 0.2) is 24.3 Å². The molecule has 0 aliphatic carbocycles. The van der Waals surface area contributed by atoms with E-state index in [-0.39, 0.29) is 54.5 Å². The second kappa shape index (κ2) is 11.7. The first kappa shape index (κ1) is 27.3. The van der Waals surface area contributed by atoms with Gasteiger partial charge in [0.15, 0.2) is 11.6 Å². The molecule has 37 heavy (non-hydrogen) atoms. The van der Waals surface area contributed by atoms with Gasteiger partial charge in [-0.2, -0.15) is 0 Å². The molecular weight excluding hydrogens is 470 g/mol. The van der Waals surface area contributed by atoms with Crippen LogP contribution in [0.1, 0.15) is 57.3 Å². The molecule has 3 aliphatic rings. The number of fused-ring (bicyclic) bond motifs is 1. The van der Waals surface area contributed by atoms with E-state index < -0.39 is 18.0 Å². The molecule has 1 aromatic rings. The number of anilines is 1. The third-order valence-electron chi connectivity index (χ3n) is 7.97. The highest BCUT2D eigenvalue weighted by Crippen LogP contribution is 2.31. The Morgan fingerprint density at radius 3 is 2.41 bits per heavy atom. The zero-order valence-corrected chi connectivity index (χ0v) is 22.5. The molecule has 202 valence electrons. The summed E-state index contributed by atoms with van der Waals surface area (Å²) < 4.78 is 0. The second-order valence-electron chi connectivity index (χ2n) is 10.8. The van der Waals surface area contributed by atoms with Crippen LogP contribution in [-0.2, 0) is 14.4 Å². The van der Waals surface area contributed by atoms with Crippen LogP contribution >= 0.6 is 0 Å². The molecule has 3 aliphatic heterocycles. The Hall–Kier alpha value is -2.78. The first-order valence-corrected chi connectivity index (χ1v) is 13.7. The third-order valence-corrected chi connectivity index (χ3v) is 7.97. The van der Waals surface area contributed by atoms with Gasteiger partial charge in [-0.05, 0) is 69.8 Å². The van der Waals surface area contributed by atoms with Gasteiger partial charge >= 0.3 is 0 Å². The van der Waals surface area contributed by atoms with Gasteiger partial charge in [0.2, 0.25) is 5.91 Å². The molecule has 4 rings (SSSR count). The Bertz CT molecular complexity index is 1000. The zero-order valence-electron chi connectivity index (χ0n) is 22.5. The lowest BCUT2D eigenvalue weighted by molar-refractivity contribution is -0.138. The van der Waals surface area contributed by atoms with E-state index in [4.69, 9.17) is 0 Å². The average molecular weight is 512 g/mol. The summed E-state index contributed by atoms with van der Waals surface area (Å²) in [4.78, 5) is 56.9. The van der Waals surface area contributed by atoms with E-state index >= 15 is 0 Å². The van der Waals surface area contributed by atoms with E-state index in [1.807, 2.05) is 26.0 Å². The van der Waals surface area contributed by atoms with E-state index in [2.05, 4.69) is 34.7 Å². The number of nitrogens with zero attached hydrogens (tertiary/aromatic N) is 2. The topological polar surface area (TPSA) is 111 Å². The number of Topliss-reactive ketones (excluding diaryl/α,β-unsaturated/α-hetero) is 2. The molecule has 0 spiro atoms. The van der Waals surface area contributed by atoms with Crippen LogP contribution < -0.4 is 20.9 Å². The first-order valence-electron chi connectivity index (χ1n) is 13.7. The summed E-state index contributed by atoms with van der Waals surface area (Å²) in [5.41, 5.74) is 1.52. The third kappa shape index (κ3) is 5.72. The van der Waals surface area contributed by atoms with E-state index in [0.717, 1.165) is 38.2 Å². The van der Waals surface area contributed by atoms with Crippen molar-refractivity contribution < 1.29 is 19.2 Å². The van der Waals surface area contributed by atoms with Crippen molar-refractivity contribution in [2.45, 2.75) is 71.1 Å². The number of hydrogen-bond acceptors (Lipinski definition) is 7. The van der Waals surface area contributed by atoms with Gasteiger partial charge in [0.1, 0.15) is 12.1 Å². The van der Waals surface area contributed by atoms with Gasteiger partial charge in [0, 0.05) is 36.9 Å². The fraction of sp³-hybridized carbons (Fsp3) is 0.643. The maximum atomic E-state index is 13.8. The molecule has 3 saturated heterocycles. The minimum absolute atomic E-state index is 0.0720. The Balaban J connectivity index is 1.51. The molecule has 0 aromatic heterocycles. The maximum absolute atomic E-state index is 13.8. The van der Waals surface area contributed by atoms with Gasteiger partial charge in [-0.3, -0.25) is 19.2 Å². The Labute approximate surface area is 219 Å². The normalized spacial score (nSPS) is 25.9. The van der Waals surface area contributed by atoms with Crippen LogP contribution in [0.3, 0.4) is 0 Å². The summed E-state index contributed by atoms with van der Waals surface area (Å²) in [6, 6.07) is 5.37. The van der Waals surface area contributed by atoms with Crippen molar-refractivity contribution in [3.05, 3.63) is 29.8 Å². The predicted octanol–water partition coefficient (Wildman–Crippen LogP) is 1.37. The van der Waals surface area contributed by atoms with Crippen molar-refractivity contribution in [1.82, 2.24) is 20.9 Å². The summed E-state index contributed by atoms with van der Waals surface area (Å²) >= 11 is 0. The summed E-state index contributed by atoms with van der Waals surface area (Å²) in [6.45, 7) is 11.1. The standard InChI is InChI=1S/C28H41N5O4/c1-5-32(6-2)19-11-9-18(10-12-19)27(36)31-22(14-17(3)4)28(37)33-16-20(24-25(33)23(34)15-30-24)26(35)21-8-7-13-29-21/h9-12,17,20-22,24-25,29-30H,5-8,13-16H2,1-4H3,(H,31,36). The lowest BCUT2D eigenvalue weighted by Gasteiger charge is -2.29. The fourth-order valence-electron chi connectivity index (χ4n) is 6.03. The van der Waals surface area contributed by atoms with Crippen LogP contribution in [0.25, 0.3) is 0 Å². The smallest absolute Gasteiger partial charge is 0.251 e. The Morgan fingerprint density at radius 1 is 1.11 bits per heavy atom. The largest absolute Gasteiger partial charge is 0.372 e. The van der Waals surface area contributed by atoms with Crippen LogP contribution in [0.5, 0.6) is 0 Å². The van der Waals surface area contributed by atoms with Crippen molar-refractivity contribution in [3.63, 3.8) is 0 Å². The van der Waals surface area contributed by atoms with Crippen LogP contribution in [-0.4, -0.2) is 85.2 Å². The summed E-state index contributed by atoms with van der Waals surface area (Å²) in [6.07, 6.45) is 2.18. The number of benzene rings is 1. The van der Waals surface area contributed by atoms with E-state index in [1.54, 1.807) is 17.0 Å². The van der Waals surface area contributed by atoms with Gasteiger partial charge in [0.25, 0.3) is 5.91 Å². The van der Waals surface area contributed by atoms with Gasteiger partial charge in [0.05, 0.1) is 18.5 Å². The zero-order chi connectivity index (χ0) is 26.7. The minimum Gasteiger partial charge on any atom is -0.372 e. The average Bonchev–Trinajstić information content (AvgIpc) is 3.63. The van der Waals surface area contributed by atoms with E-state index in [1.165, 1.54) is 0 Å². The fourth-order valence-corrected chi connectivity index (χ4v) is 6.03. The summed E-state index contributed by atoms with van der Waals surface area (Å²) in [5, 5.41) is 9.39. The number of carbonyl (C=O) groups is 4. The molecule has 3 N–H and O–H groups in total. The number of nitrogens with one attached hydrogen (secondary N) is 3. The molecule has 9 nitrogen and oxygen atoms in total. The summed E-state index contributed by atoms with van der Waals surface area (Å²) in [5.74, 6) is -0.894. The SMILES string of the molecule is CCN(CC)c1ccc(C(=O)NC(CC(C)C)C(=O)N2CC(C(=O)C3CCCN3)C3NCC(=O)C32)cc1. The molecule has 3 fully saturated rings. The van der Waals surface area contributed by atoms with Crippen molar-refractivity contribution in [1.29, 1.82) is 0 Å². The lowest BCUT2D eigenvalue weighted by Crippen LogP contribution is -2.52. The number of carbonyl (C=O) groups excluding carboxylic acids is 4. The lowest BCUT2D eigenvalue weighted by atomic mass is 9.91. The molecule has 0 saturated carbocycles. The highest BCUT2D eigenvalue weighted by atomic mass is 16.2. The van der Waals surface area contributed by atoms with Gasteiger partial charge in [-0.15, -0.1) is 0 Å². The first-order chi connectivity index (χ1) is 17.7. The van der Waals surface area contributed by atoms with Crippen molar-refractivity contribution >= 4 is 29.1 Å². The second-order valence-corrected chi connectivity index (χ2v) is 10.8.